The molecule has 0 aliphatic heterocycles. The molecule has 1 aliphatic rings. The zero-order valence-corrected chi connectivity index (χ0v) is 12.9. The van der Waals surface area contributed by atoms with Gasteiger partial charge in [0, 0.05) is 28.6 Å². The zero-order valence-electron chi connectivity index (χ0n) is 11.3. The molecule has 1 amide bonds. The summed E-state index contributed by atoms with van der Waals surface area (Å²) < 4.78 is 0. The van der Waals surface area contributed by atoms with Crippen LogP contribution < -0.4 is 5.32 Å². The molecule has 2 atom stereocenters. The Morgan fingerprint density at radius 1 is 1.40 bits per heavy atom. The number of alkyl halides is 1. The molecule has 0 bridgehead atoms. The van der Waals surface area contributed by atoms with Crippen LogP contribution in [0.3, 0.4) is 0 Å². The number of hydrogen-bond donors (Lipinski definition) is 1. The molecule has 20 heavy (non-hydrogen) atoms. The minimum atomic E-state index is -0.454. The topological polar surface area (TPSA) is 72.2 Å². The largest absolute Gasteiger partial charge is 0.348 e. The number of aryl methyl sites for hydroxylation is 1. The Kier molecular flexibility index (Phi) is 4.75. The van der Waals surface area contributed by atoms with Crippen molar-refractivity contribution in [3.05, 3.63) is 39.4 Å². The molecule has 1 aromatic carbocycles. The minimum absolute atomic E-state index is 0.00934. The van der Waals surface area contributed by atoms with Gasteiger partial charge in [0.25, 0.3) is 11.6 Å². The third-order valence-corrected chi connectivity index (χ3v) is 4.76. The first-order chi connectivity index (χ1) is 9.49. The molecule has 0 heterocycles. The number of hydrogen-bond acceptors (Lipinski definition) is 3. The molecule has 0 saturated heterocycles. The smallest absolute Gasteiger partial charge is 0.269 e. The molecule has 6 heteroatoms. The molecule has 1 aliphatic carbocycles. The fraction of sp³-hybridized carbons (Fsp3) is 0.500. The van der Waals surface area contributed by atoms with Crippen LogP contribution in [0, 0.1) is 17.0 Å². The van der Waals surface area contributed by atoms with E-state index < -0.39 is 4.92 Å². The van der Waals surface area contributed by atoms with E-state index in [1.54, 1.807) is 6.92 Å². The molecule has 0 radical (unpaired) electrons. The Hall–Kier alpha value is -1.43. The van der Waals surface area contributed by atoms with Crippen LogP contribution in [-0.2, 0) is 0 Å². The molecule has 2 rings (SSSR count). The predicted molar refractivity (Wildman–Crippen MR) is 80.3 cm³/mol. The van der Waals surface area contributed by atoms with Gasteiger partial charge in [0.2, 0.25) is 0 Å². The van der Waals surface area contributed by atoms with Crippen LogP contribution in [0.2, 0.25) is 0 Å². The number of amides is 1. The minimum Gasteiger partial charge on any atom is -0.348 e. The SMILES string of the molecule is Cc1cc([N+](=O)[O-])ccc1C(=O)NC1CCCCC1Br. The van der Waals surface area contributed by atoms with Gasteiger partial charge in [-0.15, -0.1) is 0 Å². The van der Waals surface area contributed by atoms with Crippen LogP contribution in [0.4, 0.5) is 5.69 Å². The summed E-state index contributed by atoms with van der Waals surface area (Å²) >= 11 is 3.60. The summed E-state index contributed by atoms with van der Waals surface area (Å²) in [7, 11) is 0. The Labute approximate surface area is 126 Å². The first kappa shape index (κ1) is 15.0. The van der Waals surface area contributed by atoms with Gasteiger partial charge in [-0.25, -0.2) is 0 Å². The number of rotatable bonds is 3. The lowest BCUT2D eigenvalue weighted by Crippen LogP contribution is -2.42. The van der Waals surface area contributed by atoms with Crippen molar-refractivity contribution in [1.82, 2.24) is 5.32 Å². The number of benzene rings is 1. The van der Waals surface area contributed by atoms with Crippen molar-refractivity contribution in [1.29, 1.82) is 0 Å². The monoisotopic (exact) mass is 340 g/mol. The van der Waals surface area contributed by atoms with Gasteiger partial charge in [0.05, 0.1) is 4.92 Å². The van der Waals surface area contributed by atoms with Crippen LogP contribution in [0.1, 0.15) is 41.6 Å². The van der Waals surface area contributed by atoms with Crippen LogP contribution in [0.25, 0.3) is 0 Å². The fourth-order valence-electron chi connectivity index (χ4n) is 2.51. The predicted octanol–water partition coefficient (Wildman–Crippen LogP) is 3.34. The van der Waals surface area contributed by atoms with Crippen molar-refractivity contribution >= 4 is 27.5 Å². The highest BCUT2D eigenvalue weighted by molar-refractivity contribution is 9.09. The van der Waals surface area contributed by atoms with Gasteiger partial charge >= 0.3 is 0 Å². The number of carbonyl (C=O) groups is 1. The zero-order chi connectivity index (χ0) is 14.7. The number of carbonyl (C=O) groups excluding carboxylic acids is 1. The molecular formula is C14H17BrN2O3. The average Bonchev–Trinajstić information content (AvgIpc) is 2.41. The Morgan fingerprint density at radius 3 is 2.70 bits per heavy atom. The summed E-state index contributed by atoms with van der Waals surface area (Å²) in [6.45, 7) is 1.72. The summed E-state index contributed by atoms with van der Waals surface area (Å²) in [6, 6.07) is 4.45. The van der Waals surface area contributed by atoms with E-state index in [2.05, 4.69) is 21.2 Å². The Balaban J connectivity index is 2.11. The van der Waals surface area contributed by atoms with Crippen LogP contribution in [-0.4, -0.2) is 21.7 Å². The van der Waals surface area contributed by atoms with E-state index in [1.165, 1.54) is 24.6 Å². The van der Waals surface area contributed by atoms with Gasteiger partial charge in [0.15, 0.2) is 0 Å². The second-order valence-electron chi connectivity index (χ2n) is 5.14. The first-order valence-electron chi connectivity index (χ1n) is 6.69. The maximum atomic E-state index is 12.3. The molecule has 0 spiro atoms. The third kappa shape index (κ3) is 3.36. The van der Waals surface area contributed by atoms with Crippen LogP contribution in [0.15, 0.2) is 18.2 Å². The summed E-state index contributed by atoms with van der Waals surface area (Å²) in [4.78, 5) is 22.8. The van der Waals surface area contributed by atoms with E-state index in [0.29, 0.717) is 16.0 Å². The molecule has 0 aromatic heterocycles. The van der Waals surface area contributed by atoms with E-state index in [1.807, 2.05) is 0 Å². The molecule has 2 unspecified atom stereocenters. The van der Waals surface area contributed by atoms with Gasteiger partial charge in [-0.2, -0.15) is 0 Å². The van der Waals surface area contributed by atoms with Gasteiger partial charge < -0.3 is 5.32 Å². The van der Waals surface area contributed by atoms with Crippen molar-refractivity contribution in [2.75, 3.05) is 0 Å². The summed E-state index contributed by atoms with van der Waals surface area (Å²) in [5.41, 5.74) is 1.13. The lowest BCUT2D eigenvalue weighted by molar-refractivity contribution is -0.384. The maximum Gasteiger partial charge on any atom is 0.269 e. The molecule has 1 N–H and O–H groups in total. The van der Waals surface area contributed by atoms with Gasteiger partial charge in [0.1, 0.15) is 0 Å². The summed E-state index contributed by atoms with van der Waals surface area (Å²) in [5, 5.41) is 13.7. The summed E-state index contributed by atoms with van der Waals surface area (Å²) in [6.07, 6.45) is 4.32. The van der Waals surface area contributed by atoms with Crippen molar-refractivity contribution in [2.24, 2.45) is 0 Å². The highest BCUT2D eigenvalue weighted by atomic mass is 79.9. The maximum absolute atomic E-state index is 12.3. The van der Waals surface area contributed by atoms with Crippen LogP contribution >= 0.6 is 15.9 Å². The van der Waals surface area contributed by atoms with Crippen molar-refractivity contribution in [3.8, 4) is 0 Å². The molecule has 108 valence electrons. The van der Waals surface area contributed by atoms with Crippen LogP contribution in [0.5, 0.6) is 0 Å². The second kappa shape index (κ2) is 6.35. The van der Waals surface area contributed by atoms with Crippen molar-refractivity contribution in [3.63, 3.8) is 0 Å². The van der Waals surface area contributed by atoms with Crippen molar-refractivity contribution < 1.29 is 9.72 Å². The van der Waals surface area contributed by atoms with Gasteiger partial charge in [-0.3, -0.25) is 14.9 Å². The van der Waals surface area contributed by atoms with Gasteiger partial charge in [-0.05, 0) is 31.4 Å². The molecule has 1 aromatic rings. The van der Waals surface area contributed by atoms with E-state index in [9.17, 15) is 14.9 Å². The van der Waals surface area contributed by atoms with E-state index in [4.69, 9.17) is 0 Å². The fourth-order valence-corrected chi connectivity index (χ4v) is 3.23. The van der Waals surface area contributed by atoms with E-state index >= 15 is 0 Å². The van der Waals surface area contributed by atoms with Crippen molar-refractivity contribution in [2.45, 2.75) is 43.5 Å². The van der Waals surface area contributed by atoms with E-state index in [-0.39, 0.29) is 17.6 Å². The number of nitro groups is 1. The Morgan fingerprint density at radius 2 is 2.10 bits per heavy atom. The molecule has 1 fully saturated rings. The Bertz CT molecular complexity index is 533. The summed E-state index contributed by atoms with van der Waals surface area (Å²) in [5.74, 6) is -0.159. The molecule has 1 saturated carbocycles. The molecular weight excluding hydrogens is 324 g/mol. The molecule has 5 nitrogen and oxygen atoms in total. The third-order valence-electron chi connectivity index (χ3n) is 3.66. The number of non-ortho nitro benzene ring substituents is 1. The number of nitrogens with zero attached hydrogens (tertiary/aromatic N) is 1. The number of nitrogens with one attached hydrogen (secondary N) is 1. The van der Waals surface area contributed by atoms with Gasteiger partial charge in [-0.1, -0.05) is 28.8 Å². The second-order valence-corrected chi connectivity index (χ2v) is 6.31. The quantitative estimate of drug-likeness (QED) is 0.521. The number of halogens is 1. The number of nitro benzene ring substituents is 1. The highest BCUT2D eigenvalue weighted by Crippen LogP contribution is 2.25. The average molecular weight is 341 g/mol. The normalized spacial score (nSPS) is 22.3. The lowest BCUT2D eigenvalue weighted by Gasteiger charge is -2.28. The first-order valence-corrected chi connectivity index (χ1v) is 7.60. The lowest BCUT2D eigenvalue weighted by atomic mass is 9.95. The highest BCUT2D eigenvalue weighted by Gasteiger charge is 2.25. The van der Waals surface area contributed by atoms with E-state index in [0.717, 1.165) is 19.3 Å². The standard InChI is InChI=1S/C14H17BrN2O3/c1-9-8-10(17(19)20)6-7-11(9)14(18)16-13-5-3-2-4-12(13)15/h6-8,12-13H,2-5H2,1H3,(H,16,18).